The van der Waals surface area contributed by atoms with Gasteiger partial charge >= 0.3 is 0 Å². The molecule has 0 spiro atoms. The molecule has 2 heteroatoms. The zero-order chi connectivity index (χ0) is 11.8. The zero-order valence-corrected chi connectivity index (χ0v) is 10.4. The van der Waals surface area contributed by atoms with Gasteiger partial charge in [-0.1, -0.05) is 24.3 Å². The predicted octanol–water partition coefficient (Wildman–Crippen LogP) is 1.93. The van der Waals surface area contributed by atoms with Crippen LogP contribution >= 0.6 is 0 Å². The van der Waals surface area contributed by atoms with Crippen molar-refractivity contribution in [3.63, 3.8) is 0 Å². The number of aryl methyl sites for hydroxylation is 1. The average Bonchev–Trinajstić information content (AvgIpc) is 3.10. The summed E-state index contributed by atoms with van der Waals surface area (Å²) in [7, 11) is 0. The molecule has 92 valence electrons. The molecule has 2 aliphatic rings. The molecule has 4 unspecified atom stereocenters. The van der Waals surface area contributed by atoms with Crippen LogP contribution in [0.25, 0.3) is 0 Å². The van der Waals surface area contributed by atoms with Crippen LogP contribution in [0.4, 0.5) is 0 Å². The van der Waals surface area contributed by atoms with Gasteiger partial charge in [0.25, 0.3) is 0 Å². The Morgan fingerprint density at radius 2 is 2.24 bits per heavy atom. The second-order valence-corrected chi connectivity index (χ2v) is 5.58. The monoisotopic (exact) mass is 231 g/mol. The van der Waals surface area contributed by atoms with Crippen molar-refractivity contribution < 1.29 is 5.11 Å². The van der Waals surface area contributed by atoms with E-state index in [0.29, 0.717) is 0 Å². The van der Waals surface area contributed by atoms with Crippen molar-refractivity contribution in [2.24, 2.45) is 11.8 Å². The Kier molecular flexibility index (Phi) is 2.93. The Bertz CT molecular complexity index is 404. The molecule has 0 bridgehead atoms. The maximum absolute atomic E-state index is 9.02. The molecule has 0 aliphatic heterocycles. The molecule has 1 aromatic carbocycles. The number of fused-ring (bicyclic) bond motifs is 3. The number of hydrogen-bond acceptors (Lipinski definition) is 2. The normalized spacial score (nSPS) is 31.5. The molecule has 2 N–H and O–H groups in total. The van der Waals surface area contributed by atoms with Gasteiger partial charge in [0.15, 0.2) is 0 Å². The first-order valence-corrected chi connectivity index (χ1v) is 6.73. The summed E-state index contributed by atoms with van der Waals surface area (Å²) >= 11 is 0. The van der Waals surface area contributed by atoms with Crippen molar-refractivity contribution in [2.75, 3.05) is 13.2 Å². The smallest absolute Gasteiger partial charge is 0.0581 e. The van der Waals surface area contributed by atoms with E-state index in [0.717, 1.165) is 24.3 Å². The van der Waals surface area contributed by atoms with Crippen molar-refractivity contribution in [3.8, 4) is 0 Å². The third-order valence-electron chi connectivity index (χ3n) is 4.47. The highest BCUT2D eigenvalue weighted by molar-refractivity contribution is 5.39. The lowest BCUT2D eigenvalue weighted by Crippen LogP contribution is -2.31. The second-order valence-electron chi connectivity index (χ2n) is 5.58. The number of hydrogen-bond donors (Lipinski definition) is 2. The summed E-state index contributed by atoms with van der Waals surface area (Å²) < 4.78 is 0. The molecular formula is C15H21NO. The predicted molar refractivity (Wildman–Crippen MR) is 69.0 cm³/mol. The number of aliphatic hydroxyl groups excluding tert-OH is 1. The molecule has 1 fully saturated rings. The lowest BCUT2D eigenvalue weighted by atomic mass is 9.92. The van der Waals surface area contributed by atoms with Gasteiger partial charge in [0, 0.05) is 6.04 Å². The summed E-state index contributed by atoms with van der Waals surface area (Å²) in [5.41, 5.74) is 3.15. The van der Waals surface area contributed by atoms with Crippen molar-refractivity contribution in [3.05, 3.63) is 35.4 Å². The summed E-state index contributed by atoms with van der Waals surface area (Å²) in [5, 5.41) is 12.5. The first-order chi connectivity index (χ1) is 8.31. The SMILES string of the molecule is CC(CO)NCC1C2CCc3ccccc3C21. The molecule has 0 heterocycles. The van der Waals surface area contributed by atoms with Gasteiger partial charge in [-0.25, -0.2) is 0 Å². The van der Waals surface area contributed by atoms with Gasteiger partial charge in [0.2, 0.25) is 0 Å². The van der Waals surface area contributed by atoms with E-state index in [1.165, 1.54) is 12.8 Å². The molecule has 0 saturated heterocycles. The first-order valence-electron chi connectivity index (χ1n) is 6.73. The minimum Gasteiger partial charge on any atom is -0.395 e. The lowest BCUT2D eigenvalue weighted by molar-refractivity contribution is 0.250. The molecule has 17 heavy (non-hydrogen) atoms. The number of rotatable bonds is 4. The molecule has 0 aromatic heterocycles. The number of nitrogens with one attached hydrogen (secondary N) is 1. The fraction of sp³-hybridized carbons (Fsp3) is 0.600. The van der Waals surface area contributed by atoms with Gasteiger partial charge in [-0.15, -0.1) is 0 Å². The Morgan fingerprint density at radius 3 is 3.06 bits per heavy atom. The fourth-order valence-electron chi connectivity index (χ4n) is 3.39. The third kappa shape index (κ3) is 2.00. The van der Waals surface area contributed by atoms with Crippen molar-refractivity contribution in [2.45, 2.75) is 31.7 Å². The largest absolute Gasteiger partial charge is 0.395 e. The van der Waals surface area contributed by atoms with E-state index in [-0.39, 0.29) is 12.6 Å². The van der Waals surface area contributed by atoms with E-state index in [4.69, 9.17) is 5.11 Å². The van der Waals surface area contributed by atoms with Crippen LogP contribution in [-0.2, 0) is 6.42 Å². The molecule has 2 nitrogen and oxygen atoms in total. The van der Waals surface area contributed by atoms with E-state index >= 15 is 0 Å². The average molecular weight is 231 g/mol. The van der Waals surface area contributed by atoms with E-state index in [1.807, 2.05) is 6.92 Å². The highest BCUT2D eigenvalue weighted by atomic mass is 16.3. The van der Waals surface area contributed by atoms with Crippen LogP contribution in [0.1, 0.15) is 30.4 Å². The topological polar surface area (TPSA) is 32.3 Å². The standard InChI is InChI=1S/C15H21NO/c1-10(9-17)16-8-14-13-7-6-11-4-2-3-5-12(11)15(13)14/h2-5,10,13-17H,6-9H2,1H3. The molecule has 1 aromatic rings. The van der Waals surface area contributed by atoms with Crippen LogP contribution in [0.5, 0.6) is 0 Å². The van der Waals surface area contributed by atoms with Gasteiger partial charge < -0.3 is 10.4 Å². The molecule has 0 amide bonds. The summed E-state index contributed by atoms with van der Waals surface area (Å²) in [6.45, 7) is 3.34. The summed E-state index contributed by atoms with van der Waals surface area (Å²) in [4.78, 5) is 0. The van der Waals surface area contributed by atoms with E-state index in [9.17, 15) is 0 Å². The summed E-state index contributed by atoms with van der Waals surface area (Å²) in [6.07, 6.45) is 2.60. The molecule has 4 atom stereocenters. The summed E-state index contributed by atoms with van der Waals surface area (Å²) in [5.74, 6) is 2.48. The van der Waals surface area contributed by atoms with Crippen LogP contribution in [0, 0.1) is 11.8 Å². The van der Waals surface area contributed by atoms with E-state index in [2.05, 4.69) is 29.6 Å². The second kappa shape index (κ2) is 4.43. The third-order valence-corrected chi connectivity index (χ3v) is 4.47. The minimum absolute atomic E-state index is 0.230. The molecule has 0 radical (unpaired) electrons. The fourth-order valence-corrected chi connectivity index (χ4v) is 3.39. The zero-order valence-electron chi connectivity index (χ0n) is 10.4. The van der Waals surface area contributed by atoms with Gasteiger partial charge in [-0.2, -0.15) is 0 Å². The maximum atomic E-state index is 9.02. The van der Waals surface area contributed by atoms with Crippen LogP contribution in [0.15, 0.2) is 24.3 Å². The molecular weight excluding hydrogens is 210 g/mol. The Morgan fingerprint density at radius 1 is 1.41 bits per heavy atom. The number of aliphatic hydroxyl groups is 1. The lowest BCUT2D eigenvalue weighted by Gasteiger charge is -2.13. The van der Waals surface area contributed by atoms with E-state index in [1.54, 1.807) is 11.1 Å². The quantitative estimate of drug-likeness (QED) is 0.830. The van der Waals surface area contributed by atoms with Gasteiger partial charge in [0.1, 0.15) is 0 Å². The van der Waals surface area contributed by atoms with Crippen molar-refractivity contribution in [1.29, 1.82) is 0 Å². The van der Waals surface area contributed by atoms with Crippen LogP contribution < -0.4 is 5.32 Å². The highest BCUT2D eigenvalue weighted by Gasteiger charge is 2.52. The van der Waals surface area contributed by atoms with Crippen LogP contribution in [0.3, 0.4) is 0 Å². The summed E-state index contributed by atoms with van der Waals surface area (Å²) in [6, 6.07) is 9.14. The highest BCUT2D eigenvalue weighted by Crippen LogP contribution is 2.59. The molecule has 1 saturated carbocycles. The molecule has 2 aliphatic carbocycles. The van der Waals surface area contributed by atoms with Crippen molar-refractivity contribution in [1.82, 2.24) is 5.32 Å². The van der Waals surface area contributed by atoms with Gasteiger partial charge in [-0.3, -0.25) is 0 Å². The van der Waals surface area contributed by atoms with Gasteiger partial charge in [0.05, 0.1) is 6.61 Å². The van der Waals surface area contributed by atoms with E-state index < -0.39 is 0 Å². The first kappa shape index (κ1) is 11.2. The van der Waals surface area contributed by atoms with Gasteiger partial charge in [-0.05, 0) is 55.2 Å². The minimum atomic E-state index is 0.230. The maximum Gasteiger partial charge on any atom is 0.0581 e. The molecule has 3 rings (SSSR count). The van der Waals surface area contributed by atoms with Crippen molar-refractivity contribution >= 4 is 0 Å². The Labute approximate surface area is 103 Å². The number of benzene rings is 1. The Hall–Kier alpha value is -0.860. The van der Waals surface area contributed by atoms with Crippen LogP contribution in [0.2, 0.25) is 0 Å². The Balaban J connectivity index is 1.66. The van der Waals surface area contributed by atoms with Crippen LogP contribution in [-0.4, -0.2) is 24.3 Å².